The average Bonchev–Trinajstić information content (AvgIpc) is 2.59. The third-order valence-corrected chi connectivity index (χ3v) is 7.87. The molecule has 0 heterocycles. The van der Waals surface area contributed by atoms with Gasteiger partial charge in [0.15, 0.2) is 0 Å². The van der Waals surface area contributed by atoms with Gasteiger partial charge in [0.05, 0.1) is 0 Å². The quantitative estimate of drug-likeness (QED) is 0.512. The Morgan fingerprint density at radius 2 is 0.810 bits per heavy atom. The van der Waals surface area contributed by atoms with Gasteiger partial charge in [-0.25, -0.2) is 0 Å². The van der Waals surface area contributed by atoms with Crippen LogP contribution in [0.25, 0.3) is 0 Å². The topological polar surface area (TPSA) is 0 Å². The number of hydrogen-bond acceptors (Lipinski definition) is 0. The summed E-state index contributed by atoms with van der Waals surface area (Å²) < 4.78 is 0. The van der Waals surface area contributed by atoms with E-state index in [1.54, 1.807) is 0 Å². The molecule has 3 rings (SSSR count). The van der Waals surface area contributed by atoms with Crippen LogP contribution in [0.4, 0.5) is 0 Å². The fraction of sp³-hybridized carbons (Fsp3) is 0. The summed E-state index contributed by atoms with van der Waals surface area (Å²) in [5.74, 6) is 0. The van der Waals surface area contributed by atoms with Crippen LogP contribution in [0, 0.1) is 12.1 Å². The maximum atomic E-state index is 6.12. The first-order chi connectivity index (χ1) is 10.4. The fourth-order valence-corrected chi connectivity index (χ4v) is 6.39. The molecule has 3 aromatic carbocycles. The Kier molecular flexibility index (Phi) is 3.87. The summed E-state index contributed by atoms with van der Waals surface area (Å²) in [6.45, 7) is 0. The van der Waals surface area contributed by atoms with Crippen LogP contribution in [-0.4, -0.2) is 0 Å². The molecule has 21 heavy (non-hydrogen) atoms. The van der Waals surface area contributed by atoms with Gasteiger partial charge in [0.1, 0.15) is 0 Å². The van der Waals surface area contributed by atoms with E-state index >= 15 is 0 Å². The Balaban J connectivity index is 2.32. The molecule has 0 N–H and O–H groups in total. The second-order valence-electron chi connectivity index (χ2n) is 4.99. The van der Waals surface area contributed by atoms with Crippen LogP contribution in [0.5, 0.6) is 0 Å². The molecule has 0 fully saturated rings. The van der Waals surface area contributed by atoms with Crippen molar-refractivity contribution in [2.75, 3.05) is 0 Å². The van der Waals surface area contributed by atoms with Gasteiger partial charge < -0.3 is 0 Å². The van der Waals surface area contributed by atoms with Crippen LogP contribution in [0.15, 0.2) is 91.0 Å². The number of hydrogen-bond donors (Lipinski definition) is 0. The van der Waals surface area contributed by atoms with E-state index in [-0.39, 0.29) is 0 Å². The molecule has 0 saturated heterocycles. The van der Waals surface area contributed by atoms with E-state index < -0.39 is 7.26 Å². The van der Waals surface area contributed by atoms with E-state index in [1.807, 2.05) is 18.2 Å². The van der Waals surface area contributed by atoms with Gasteiger partial charge in [-0.2, -0.15) is 0 Å². The van der Waals surface area contributed by atoms with E-state index in [0.29, 0.717) is 0 Å². The molecular weight excluding hydrogens is 271 g/mol. The third-order valence-electron chi connectivity index (χ3n) is 3.84. The summed E-state index contributed by atoms with van der Waals surface area (Å²) in [5.41, 5.74) is 3.20. The van der Waals surface area contributed by atoms with Crippen LogP contribution in [0.2, 0.25) is 0 Å². The van der Waals surface area contributed by atoms with E-state index in [2.05, 4.69) is 78.5 Å². The van der Waals surface area contributed by atoms with E-state index in [9.17, 15) is 0 Å². The Hall–Kier alpha value is -2.35. The summed E-state index contributed by atoms with van der Waals surface area (Å²) in [6.07, 6.45) is 6.12. The van der Waals surface area contributed by atoms with Gasteiger partial charge in [-0.05, 0) is 0 Å². The summed E-state index contributed by atoms with van der Waals surface area (Å²) in [4.78, 5) is 0. The van der Waals surface area contributed by atoms with Crippen molar-refractivity contribution in [1.82, 2.24) is 0 Å². The maximum absolute atomic E-state index is 6.12. The molecule has 0 radical (unpaired) electrons. The number of benzene rings is 3. The molecule has 0 aliphatic carbocycles. The van der Waals surface area contributed by atoms with Crippen LogP contribution < -0.4 is 15.9 Å². The van der Waals surface area contributed by atoms with Crippen LogP contribution in [0.1, 0.15) is 0 Å². The molecule has 0 aliphatic rings. The minimum atomic E-state index is -2.37. The summed E-state index contributed by atoms with van der Waals surface area (Å²) in [7, 11) is -2.37. The molecule has 1 heteroatoms. The Morgan fingerprint density at radius 3 is 1.05 bits per heavy atom. The molecule has 102 valence electrons. The summed E-state index contributed by atoms with van der Waals surface area (Å²) in [5, 5.41) is 3.76. The molecule has 3 aromatic rings. The van der Waals surface area contributed by atoms with Crippen LogP contribution in [-0.2, 0) is 0 Å². The molecule has 0 aromatic heterocycles. The molecule has 0 bridgehead atoms. The minimum absolute atomic E-state index is 1.25. The van der Waals surface area contributed by atoms with Gasteiger partial charge in [0, 0.05) is 0 Å². The van der Waals surface area contributed by atoms with Crippen LogP contribution >= 0.6 is 7.26 Å². The normalized spacial score (nSPS) is 11.6. The number of terminal acetylenes is 1. The molecule has 0 aliphatic heterocycles. The molecule has 0 unspecified atom stereocenters. The zero-order valence-electron chi connectivity index (χ0n) is 11.7. The van der Waals surface area contributed by atoms with Gasteiger partial charge in [-0.3, -0.25) is 0 Å². The van der Waals surface area contributed by atoms with Gasteiger partial charge >= 0.3 is 126 Å². The monoisotopic (exact) mass is 288 g/mol. The Morgan fingerprint density at radius 1 is 0.524 bits per heavy atom. The second-order valence-corrected chi connectivity index (χ2v) is 8.51. The Bertz CT molecular complexity index is 643. The summed E-state index contributed by atoms with van der Waals surface area (Å²) in [6, 6.07) is 31.5. The first kappa shape index (κ1) is 13.6. The predicted octanol–water partition coefficient (Wildman–Crippen LogP) is 3.30. The molecule has 0 spiro atoms. The van der Waals surface area contributed by atoms with Gasteiger partial charge in [0.2, 0.25) is 0 Å². The zero-order valence-corrected chi connectivity index (χ0v) is 12.7. The average molecular weight is 288 g/mol. The van der Waals surface area contributed by atoms with E-state index in [1.165, 1.54) is 15.9 Å². The van der Waals surface area contributed by atoms with Gasteiger partial charge in [-0.1, -0.05) is 0 Å². The van der Waals surface area contributed by atoms with Crippen molar-refractivity contribution in [2.24, 2.45) is 0 Å². The second kappa shape index (κ2) is 5.96. The van der Waals surface area contributed by atoms with Gasteiger partial charge in [-0.15, -0.1) is 0 Å². The molecule has 0 amide bonds. The third kappa shape index (κ3) is 2.38. The van der Waals surface area contributed by atoms with Gasteiger partial charge in [0.25, 0.3) is 0 Å². The molecule has 0 atom stereocenters. The van der Waals surface area contributed by atoms with E-state index in [0.717, 1.165) is 0 Å². The fourth-order valence-electron chi connectivity index (χ4n) is 2.81. The van der Waals surface area contributed by atoms with Crippen LogP contribution in [0.3, 0.4) is 0 Å². The standard InChI is InChI=1S/C20H17P/c1-2-21(18-12-6-3-7-13-18,19-14-8-4-9-15-19)20-16-10-5-11-17-20/h1,3-17,21H. The van der Waals surface area contributed by atoms with E-state index in [4.69, 9.17) is 6.42 Å². The first-order valence-electron chi connectivity index (χ1n) is 7.02. The number of rotatable bonds is 3. The van der Waals surface area contributed by atoms with Crippen molar-refractivity contribution in [3.63, 3.8) is 0 Å². The predicted molar refractivity (Wildman–Crippen MR) is 95.4 cm³/mol. The van der Waals surface area contributed by atoms with Crippen molar-refractivity contribution < 1.29 is 0 Å². The van der Waals surface area contributed by atoms with Crippen molar-refractivity contribution in [2.45, 2.75) is 0 Å². The van der Waals surface area contributed by atoms with Crippen molar-refractivity contribution in [3.05, 3.63) is 91.0 Å². The van der Waals surface area contributed by atoms with Crippen molar-refractivity contribution >= 4 is 23.2 Å². The zero-order chi connectivity index (χ0) is 14.5. The molecule has 0 saturated carbocycles. The molecule has 0 nitrogen and oxygen atoms in total. The molecular formula is C20H17P. The summed E-state index contributed by atoms with van der Waals surface area (Å²) >= 11 is 0. The SMILES string of the molecule is C#C[PH](c1ccccc1)(c1ccccc1)c1ccccc1. The first-order valence-corrected chi connectivity index (χ1v) is 9.02. The van der Waals surface area contributed by atoms with Crippen molar-refractivity contribution in [1.29, 1.82) is 0 Å². The van der Waals surface area contributed by atoms with Crippen molar-refractivity contribution in [3.8, 4) is 12.1 Å². The Labute approximate surface area is 126 Å².